The van der Waals surface area contributed by atoms with Crippen molar-refractivity contribution < 1.29 is 42.1 Å². The van der Waals surface area contributed by atoms with Gasteiger partial charge < -0.3 is 18.9 Å². The van der Waals surface area contributed by atoms with Gasteiger partial charge in [0.05, 0.1) is 27.7 Å². The SMILES string of the molecule is CC/C=C\C/C=C\C/C=C\C/C=C\C/C=C\C/C=C\CCCCC(=O)OC(COC(=O)CCCCCCC/C=C\C/C=C\C/C=C\CC)COP(=O)(O)OCC[N+](C)(C)C. The summed E-state index contributed by atoms with van der Waals surface area (Å²) in [6, 6.07) is 0. The normalized spacial score (nSPS) is 14.6. The Kier molecular flexibility index (Phi) is 38.8. The summed E-state index contributed by atoms with van der Waals surface area (Å²) in [6.45, 7) is 4.09. The van der Waals surface area contributed by atoms with Crippen LogP contribution in [-0.4, -0.2) is 74.9 Å². The monoisotopic (exact) mass is 857 g/mol. The van der Waals surface area contributed by atoms with Gasteiger partial charge in [0, 0.05) is 12.8 Å². The van der Waals surface area contributed by atoms with Crippen LogP contribution in [0.3, 0.4) is 0 Å². The second-order valence-corrected chi connectivity index (χ2v) is 17.1. The highest BCUT2D eigenvalue weighted by Gasteiger charge is 2.27. The fourth-order valence-corrected chi connectivity index (χ4v) is 6.06. The molecule has 0 aliphatic rings. The Hall–Kier alpha value is -3.33. The molecule has 2 unspecified atom stereocenters. The maximum absolute atomic E-state index is 12.7. The van der Waals surface area contributed by atoms with Gasteiger partial charge in [-0.3, -0.25) is 18.6 Å². The zero-order valence-corrected chi connectivity index (χ0v) is 39.0. The number of rotatable bonds is 39. The molecular weight excluding hydrogens is 774 g/mol. The molecule has 0 aromatic carbocycles. The number of carbonyl (C=O) groups is 2. The van der Waals surface area contributed by atoms with E-state index in [0.29, 0.717) is 23.9 Å². The highest BCUT2D eigenvalue weighted by atomic mass is 31.2. The Morgan fingerprint density at radius 1 is 0.517 bits per heavy atom. The van der Waals surface area contributed by atoms with Gasteiger partial charge in [0.1, 0.15) is 19.8 Å². The first-order valence-corrected chi connectivity index (χ1v) is 24.1. The third-order valence-electron chi connectivity index (χ3n) is 8.80. The molecule has 0 bridgehead atoms. The minimum Gasteiger partial charge on any atom is -0.462 e. The number of phosphoric ester groups is 1. The van der Waals surface area contributed by atoms with E-state index in [9.17, 15) is 19.0 Å². The Bertz CT molecular complexity index is 1380. The van der Waals surface area contributed by atoms with E-state index in [-0.39, 0.29) is 26.1 Å². The first-order chi connectivity index (χ1) is 29.0. The number of esters is 2. The summed E-state index contributed by atoms with van der Waals surface area (Å²) in [4.78, 5) is 35.4. The third kappa shape index (κ3) is 44.2. The maximum atomic E-state index is 12.7. The average Bonchev–Trinajstić information content (AvgIpc) is 3.20. The molecule has 1 N–H and O–H groups in total. The van der Waals surface area contributed by atoms with Crippen molar-refractivity contribution in [3.8, 4) is 0 Å². The van der Waals surface area contributed by atoms with Gasteiger partial charge >= 0.3 is 19.8 Å². The van der Waals surface area contributed by atoms with Gasteiger partial charge in [-0.1, -0.05) is 142 Å². The minimum absolute atomic E-state index is 0.0131. The zero-order valence-electron chi connectivity index (χ0n) is 38.1. The van der Waals surface area contributed by atoms with Gasteiger partial charge in [-0.05, 0) is 96.3 Å². The highest BCUT2D eigenvalue weighted by Crippen LogP contribution is 2.43. The van der Waals surface area contributed by atoms with Crippen molar-refractivity contribution in [2.24, 2.45) is 0 Å². The number of allylic oxidation sites excluding steroid dienone is 18. The number of likely N-dealkylation sites (N-methyl/N-ethyl adjacent to an activating group) is 1. The van der Waals surface area contributed by atoms with E-state index in [2.05, 4.69) is 123 Å². The molecule has 9 nitrogen and oxygen atoms in total. The van der Waals surface area contributed by atoms with Crippen molar-refractivity contribution in [3.63, 3.8) is 0 Å². The number of nitrogens with zero attached hydrogens (tertiary/aromatic N) is 1. The van der Waals surface area contributed by atoms with Crippen LogP contribution in [0.2, 0.25) is 0 Å². The summed E-state index contributed by atoms with van der Waals surface area (Å²) in [6.07, 6.45) is 55.7. The van der Waals surface area contributed by atoms with E-state index in [1.165, 1.54) is 0 Å². The van der Waals surface area contributed by atoms with Crippen LogP contribution in [-0.2, 0) is 32.7 Å². The van der Waals surface area contributed by atoms with Crippen molar-refractivity contribution in [2.45, 2.75) is 148 Å². The summed E-state index contributed by atoms with van der Waals surface area (Å²) in [7, 11) is 1.41. The maximum Gasteiger partial charge on any atom is 0.472 e. The standard InChI is InChI=1S/C50H82NO8P/c1-6-8-10-12-14-16-18-20-22-23-24-25-26-27-29-31-33-35-37-39-41-43-50(53)59-48(47-58-60(54,55)57-45-44-51(3,4)5)46-56-49(52)42-40-38-36-34-32-30-28-21-19-17-15-13-11-9-7-2/h8-11,14-17,20-22,24-25,27-29,33,35,48H,6-7,12-13,18-19,23,26,30-32,34,36-47H2,1-5H3/p+1/b10-8-,11-9-,16-14-,17-15-,22-20-,25-24-,28-21-,29-27-,35-33-. The van der Waals surface area contributed by atoms with E-state index in [1.807, 2.05) is 21.1 Å². The summed E-state index contributed by atoms with van der Waals surface area (Å²) in [5.41, 5.74) is 0. The summed E-state index contributed by atoms with van der Waals surface area (Å²) >= 11 is 0. The van der Waals surface area contributed by atoms with Crippen LogP contribution >= 0.6 is 7.82 Å². The number of unbranched alkanes of at least 4 members (excludes halogenated alkanes) is 7. The van der Waals surface area contributed by atoms with Gasteiger partial charge in [-0.15, -0.1) is 0 Å². The molecule has 0 spiro atoms. The van der Waals surface area contributed by atoms with Gasteiger partial charge in [-0.25, -0.2) is 4.57 Å². The largest absolute Gasteiger partial charge is 0.472 e. The number of hydrogen-bond donors (Lipinski definition) is 1. The lowest BCUT2D eigenvalue weighted by atomic mass is 10.1. The zero-order chi connectivity index (χ0) is 44.3. The Labute approximate surface area is 366 Å². The average molecular weight is 857 g/mol. The van der Waals surface area contributed by atoms with E-state index in [1.54, 1.807) is 0 Å². The first kappa shape index (κ1) is 56.7. The number of hydrogen-bond acceptors (Lipinski definition) is 7. The molecule has 60 heavy (non-hydrogen) atoms. The summed E-state index contributed by atoms with van der Waals surface area (Å²) in [5.74, 6) is -0.882. The van der Waals surface area contributed by atoms with E-state index in [0.717, 1.165) is 103 Å². The minimum atomic E-state index is -4.40. The second-order valence-electron chi connectivity index (χ2n) is 15.7. The van der Waals surface area contributed by atoms with Crippen LogP contribution in [0, 0.1) is 0 Å². The molecule has 0 aliphatic carbocycles. The second kappa shape index (κ2) is 41.0. The smallest absolute Gasteiger partial charge is 0.462 e. The fourth-order valence-electron chi connectivity index (χ4n) is 5.32. The van der Waals surface area contributed by atoms with Crippen molar-refractivity contribution in [2.75, 3.05) is 47.5 Å². The van der Waals surface area contributed by atoms with Crippen LogP contribution in [0.15, 0.2) is 109 Å². The molecule has 0 saturated carbocycles. The molecule has 0 saturated heterocycles. The molecule has 0 amide bonds. The van der Waals surface area contributed by atoms with Crippen LogP contribution < -0.4 is 0 Å². The van der Waals surface area contributed by atoms with Crippen molar-refractivity contribution >= 4 is 19.8 Å². The predicted octanol–water partition coefficient (Wildman–Crippen LogP) is 13.1. The molecule has 2 atom stereocenters. The number of carbonyl (C=O) groups excluding carboxylic acids is 2. The van der Waals surface area contributed by atoms with Gasteiger partial charge in [0.25, 0.3) is 0 Å². The molecular formula is C50H83NO8P+. The van der Waals surface area contributed by atoms with Gasteiger partial charge in [0.2, 0.25) is 0 Å². The van der Waals surface area contributed by atoms with Crippen LogP contribution in [0.25, 0.3) is 0 Å². The third-order valence-corrected chi connectivity index (χ3v) is 9.78. The Morgan fingerprint density at radius 2 is 0.900 bits per heavy atom. The lowest BCUT2D eigenvalue weighted by Gasteiger charge is -2.24. The molecule has 0 aromatic heterocycles. The lowest BCUT2D eigenvalue weighted by Crippen LogP contribution is -2.37. The van der Waals surface area contributed by atoms with Crippen LogP contribution in [0.4, 0.5) is 0 Å². The Balaban J connectivity index is 4.48. The number of quaternary nitrogens is 1. The molecule has 0 radical (unpaired) electrons. The summed E-state index contributed by atoms with van der Waals surface area (Å²) in [5, 5.41) is 0. The number of phosphoric acid groups is 1. The van der Waals surface area contributed by atoms with Gasteiger partial charge in [-0.2, -0.15) is 0 Å². The van der Waals surface area contributed by atoms with E-state index >= 15 is 0 Å². The molecule has 0 aliphatic heterocycles. The number of ether oxygens (including phenoxy) is 2. The van der Waals surface area contributed by atoms with Crippen molar-refractivity contribution in [1.82, 2.24) is 0 Å². The molecule has 0 rings (SSSR count). The molecule has 0 fully saturated rings. The van der Waals surface area contributed by atoms with Crippen LogP contribution in [0.5, 0.6) is 0 Å². The molecule has 340 valence electrons. The fraction of sp³-hybridized carbons (Fsp3) is 0.600. The van der Waals surface area contributed by atoms with Crippen LogP contribution in [0.1, 0.15) is 142 Å². The Morgan fingerprint density at radius 3 is 1.37 bits per heavy atom. The topological polar surface area (TPSA) is 108 Å². The van der Waals surface area contributed by atoms with Crippen molar-refractivity contribution in [3.05, 3.63) is 109 Å². The predicted molar refractivity (Wildman–Crippen MR) is 251 cm³/mol. The van der Waals surface area contributed by atoms with E-state index in [4.69, 9.17) is 18.5 Å². The summed E-state index contributed by atoms with van der Waals surface area (Å²) < 4.78 is 34.3. The lowest BCUT2D eigenvalue weighted by molar-refractivity contribution is -0.870. The molecule has 0 aromatic rings. The van der Waals surface area contributed by atoms with Crippen molar-refractivity contribution in [1.29, 1.82) is 0 Å². The molecule has 10 heteroatoms. The first-order valence-electron chi connectivity index (χ1n) is 22.6. The van der Waals surface area contributed by atoms with Gasteiger partial charge in [0.15, 0.2) is 6.10 Å². The highest BCUT2D eigenvalue weighted by molar-refractivity contribution is 7.47. The van der Waals surface area contributed by atoms with E-state index < -0.39 is 32.5 Å². The quantitative estimate of drug-likeness (QED) is 0.0214. The molecule has 0 heterocycles.